The van der Waals surface area contributed by atoms with E-state index in [-0.39, 0.29) is 5.91 Å². The summed E-state index contributed by atoms with van der Waals surface area (Å²) in [6.45, 7) is 2.19. The maximum Gasteiger partial charge on any atom is 0.226 e. The van der Waals surface area contributed by atoms with Crippen LogP contribution in [0.25, 0.3) is 0 Å². The Hall–Kier alpha value is -0.940. The van der Waals surface area contributed by atoms with Crippen LogP contribution in [0.1, 0.15) is 25.7 Å². The molecule has 1 aromatic rings. The monoisotopic (exact) mass is 239 g/mol. The Morgan fingerprint density at radius 2 is 2.62 bits per heavy atom. The zero-order chi connectivity index (χ0) is 11.2. The maximum atomic E-state index is 11.6. The number of amides is 1. The standard InChI is InChI=1S/C11H17N3OS/c15-10(14-11-13-6-7-16-11)4-3-9-2-1-5-12-8-9/h6-7,9,12H,1-5,8H2,(H,13,14,15). The third-order valence-electron chi connectivity index (χ3n) is 2.86. The highest BCUT2D eigenvalue weighted by atomic mass is 32.1. The molecule has 4 nitrogen and oxygen atoms in total. The van der Waals surface area contributed by atoms with Gasteiger partial charge in [0.25, 0.3) is 0 Å². The predicted molar refractivity (Wildman–Crippen MR) is 65.6 cm³/mol. The number of hydrogen-bond donors (Lipinski definition) is 2. The smallest absolute Gasteiger partial charge is 0.226 e. The summed E-state index contributed by atoms with van der Waals surface area (Å²) in [5.74, 6) is 0.747. The van der Waals surface area contributed by atoms with E-state index in [0.29, 0.717) is 17.5 Å². The van der Waals surface area contributed by atoms with Crippen molar-refractivity contribution in [3.8, 4) is 0 Å². The fourth-order valence-corrected chi connectivity index (χ4v) is 2.52. The van der Waals surface area contributed by atoms with Gasteiger partial charge in [0.2, 0.25) is 5.91 Å². The van der Waals surface area contributed by atoms with E-state index in [1.54, 1.807) is 6.20 Å². The number of hydrogen-bond acceptors (Lipinski definition) is 4. The van der Waals surface area contributed by atoms with Crippen LogP contribution in [0.4, 0.5) is 5.13 Å². The highest BCUT2D eigenvalue weighted by Gasteiger charge is 2.14. The second kappa shape index (κ2) is 5.96. The van der Waals surface area contributed by atoms with E-state index in [0.717, 1.165) is 19.5 Å². The molecule has 0 bridgehead atoms. The van der Waals surface area contributed by atoms with Crippen LogP contribution < -0.4 is 10.6 Å². The van der Waals surface area contributed by atoms with Crippen LogP contribution in [0.3, 0.4) is 0 Å². The van der Waals surface area contributed by atoms with Gasteiger partial charge in [0.15, 0.2) is 5.13 Å². The number of nitrogens with one attached hydrogen (secondary N) is 2. The van der Waals surface area contributed by atoms with Crippen LogP contribution in [-0.2, 0) is 4.79 Å². The van der Waals surface area contributed by atoms with Gasteiger partial charge in [-0.15, -0.1) is 11.3 Å². The van der Waals surface area contributed by atoms with Crippen LogP contribution in [-0.4, -0.2) is 24.0 Å². The lowest BCUT2D eigenvalue weighted by molar-refractivity contribution is -0.116. The minimum atomic E-state index is 0.0838. The zero-order valence-corrected chi connectivity index (χ0v) is 10.1. The number of aromatic nitrogens is 1. The first kappa shape index (κ1) is 11.5. The molecule has 1 amide bonds. The van der Waals surface area contributed by atoms with Gasteiger partial charge >= 0.3 is 0 Å². The third-order valence-corrected chi connectivity index (χ3v) is 3.55. The molecule has 1 aromatic heterocycles. The van der Waals surface area contributed by atoms with Gasteiger partial charge in [0, 0.05) is 18.0 Å². The first-order valence-corrected chi connectivity index (χ1v) is 6.62. The van der Waals surface area contributed by atoms with Crippen molar-refractivity contribution in [2.45, 2.75) is 25.7 Å². The van der Waals surface area contributed by atoms with E-state index in [1.807, 2.05) is 5.38 Å². The molecule has 1 fully saturated rings. The molecule has 0 saturated carbocycles. The largest absolute Gasteiger partial charge is 0.316 e. The molecule has 5 heteroatoms. The van der Waals surface area contributed by atoms with Crippen molar-refractivity contribution < 1.29 is 4.79 Å². The van der Waals surface area contributed by atoms with Gasteiger partial charge in [-0.3, -0.25) is 4.79 Å². The molecular formula is C11H17N3OS. The molecule has 1 aliphatic rings. The van der Waals surface area contributed by atoms with Crippen LogP contribution in [0.15, 0.2) is 11.6 Å². The number of carbonyl (C=O) groups excluding carboxylic acids is 1. The topological polar surface area (TPSA) is 54.0 Å². The Balaban J connectivity index is 1.67. The SMILES string of the molecule is O=C(CCC1CCCNC1)Nc1nccs1. The van der Waals surface area contributed by atoms with E-state index in [4.69, 9.17) is 0 Å². The molecule has 2 rings (SSSR count). The normalized spacial score (nSPS) is 20.6. The van der Waals surface area contributed by atoms with E-state index >= 15 is 0 Å². The van der Waals surface area contributed by atoms with Crippen molar-refractivity contribution in [2.75, 3.05) is 18.4 Å². The number of carbonyl (C=O) groups is 1. The van der Waals surface area contributed by atoms with Crippen molar-refractivity contribution in [3.05, 3.63) is 11.6 Å². The third kappa shape index (κ3) is 3.57. The molecule has 16 heavy (non-hydrogen) atoms. The van der Waals surface area contributed by atoms with Gasteiger partial charge in [-0.2, -0.15) is 0 Å². The first-order chi connectivity index (χ1) is 7.84. The highest BCUT2D eigenvalue weighted by molar-refractivity contribution is 7.13. The fourth-order valence-electron chi connectivity index (χ4n) is 1.97. The van der Waals surface area contributed by atoms with Gasteiger partial charge < -0.3 is 10.6 Å². The quantitative estimate of drug-likeness (QED) is 0.843. The average molecular weight is 239 g/mol. The van der Waals surface area contributed by atoms with E-state index in [9.17, 15) is 4.79 Å². The summed E-state index contributed by atoms with van der Waals surface area (Å²) in [5, 5.41) is 8.73. The molecule has 1 unspecified atom stereocenters. The summed E-state index contributed by atoms with van der Waals surface area (Å²) < 4.78 is 0. The lowest BCUT2D eigenvalue weighted by Crippen LogP contribution is -2.30. The molecule has 0 aromatic carbocycles. The van der Waals surface area contributed by atoms with Crippen molar-refractivity contribution in [1.29, 1.82) is 0 Å². The fraction of sp³-hybridized carbons (Fsp3) is 0.636. The highest BCUT2D eigenvalue weighted by Crippen LogP contribution is 2.17. The minimum Gasteiger partial charge on any atom is -0.316 e. The van der Waals surface area contributed by atoms with Crippen molar-refractivity contribution in [2.24, 2.45) is 5.92 Å². The van der Waals surface area contributed by atoms with Crippen molar-refractivity contribution in [3.63, 3.8) is 0 Å². The number of thiazole rings is 1. The average Bonchev–Trinajstić information content (AvgIpc) is 2.81. The zero-order valence-electron chi connectivity index (χ0n) is 9.24. The lowest BCUT2D eigenvalue weighted by Gasteiger charge is -2.22. The van der Waals surface area contributed by atoms with E-state index in [1.165, 1.54) is 24.2 Å². The van der Waals surface area contributed by atoms with Crippen molar-refractivity contribution in [1.82, 2.24) is 10.3 Å². The van der Waals surface area contributed by atoms with Gasteiger partial charge in [0.05, 0.1) is 0 Å². The van der Waals surface area contributed by atoms with Gasteiger partial charge in [-0.25, -0.2) is 4.98 Å². The molecule has 0 radical (unpaired) electrons. The Morgan fingerprint density at radius 1 is 1.69 bits per heavy atom. The molecule has 88 valence electrons. The Kier molecular flexibility index (Phi) is 4.30. The number of piperidine rings is 1. The lowest BCUT2D eigenvalue weighted by atomic mass is 9.94. The summed E-state index contributed by atoms with van der Waals surface area (Å²) in [4.78, 5) is 15.6. The Bertz CT molecular complexity index is 320. The molecular weight excluding hydrogens is 222 g/mol. The number of nitrogens with zero attached hydrogens (tertiary/aromatic N) is 1. The van der Waals surface area contributed by atoms with Gasteiger partial charge in [0.1, 0.15) is 0 Å². The van der Waals surface area contributed by atoms with Gasteiger partial charge in [-0.1, -0.05) is 0 Å². The minimum absolute atomic E-state index is 0.0838. The van der Waals surface area contributed by atoms with Crippen LogP contribution in [0.2, 0.25) is 0 Å². The van der Waals surface area contributed by atoms with Crippen LogP contribution >= 0.6 is 11.3 Å². The maximum absolute atomic E-state index is 11.6. The van der Waals surface area contributed by atoms with Crippen LogP contribution in [0, 0.1) is 5.92 Å². The second-order valence-electron chi connectivity index (χ2n) is 4.14. The van der Waals surface area contributed by atoms with Gasteiger partial charge in [-0.05, 0) is 38.3 Å². The van der Waals surface area contributed by atoms with E-state index < -0.39 is 0 Å². The Labute approximate surface area is 99.5 Å². The molecule has 0 spiro atoms. The molecule has 1 atom stereocenters. The molecule has 2 heterocycles. The Morgan fingerprint density at radius 3 is 3.31 bits per heavy atom. The first-order valence-electron chi connectivity index (χ1n) is 5.74. The number of anilines is 1. The van der Waals surface area contributed by atoms with Crippen LogP contribution in [0.5, 0.6) is 0 Å². The predicted octanol–water partition coefficient (Wildman–Crippen LogP) is 1.86. The number of rotatable bonds is 4. The summed E-state index contributed by atoms with van der Waals surface area (Å²) in [7, 11) is 0. The molecule has 2 N–H and O–H groups in total. The summed E-state index contributed by atoms with van der Waals surface area (Å²) in [5.41, 5.74) is 0. The molecule has 0 aliphatic carbocycles. The van der Waals surface area contributed by atoms with E-state index in [2.05, 4.69) is 15.6 Å². The molecule has 1 saturated heterocycles. The molecule has 1 aliphatic heterocycles. The second-order valence-corrected chi connectivity index (χ2v) is 5.03. The summed E-state index contributed by atoms with van der Waals surface area (Å²) >= 11 is 1.46. The summed E-state index contributed by atoms with van der Waals surface area (Å²) in [6, 6.07) is 0. The summed E-state index contributed by atoms with van der Waals surface area (Å²) in [6.07, 6.45) is 5.76. The van der Waals surface area contributed by atoms with Crippen molar-refractivity contribution >= 4 is 22.4 Å².